The third-order valence-electron chi connectivity index (χ3n) is 4.92. The number of nitrogens with one attached hydrogen (secondary N) is 2. The molecule has 0 spiro atoms. The van der Waals surface area contributed by atoms with Crippen molar-refractivity contribution in [1.29, 1.82) is 5.26 Å². The van der Waals surface area contributed by atoms with E-state index in [4.69, 9.17) is 21.6 Å². The number of carbonyl (C=O) groups is 2. The van der Waals surface area contributed by atoms with Crippen LogP contribution in [-0.2, 0) is 16.2 Å². The average molecular weight is 727 g/mol. The van der Waals surface area contributed by atoms with Gasteiger partial charge in [-0.2, -0.15) is 10.4 Å². The van der Waals surface area contributed by atoms with Gasteiger partial charge in [0.1, 0.15) is 12.4 Å². The van der Waals surface area contributed by atoms with Crippen LogP contribution in [0.4, 0.5) is 5.69 Å². The summed E-state index contributed by atoms with van der Waals surface area (Å²) in [4.78, 5) is 24.2. The predicted molar refractivity (Wildman–Crippen MR) is 157 cm³/mol. The summed E-state index contributed by atoms with van der Waals surface area (Å²) in [7, 11) is 0. The molecule has 36 heavy (non-hydrogen) atoms. The lowest BCUT2D eigenvalue weighted by Crippen LogP contribution is -2.20. The quantitative estimate of drug-likeness (QED) is 0.156. The molecule has 0 aliphatic heterocycles. The van der Waals surface area contributed by atoms with Crippen LogP contribution in [-0.4, -0.2) is 18.0 Å². The highest BCUT2D eigenvalue weighted by Gasteiger charge is 2.10. The van der Waals surface area contributed by atoms with Crippen LogP contribution in [0.15, 0.2) is 59.7 Å². The number of aryl methyl sites for hydroxylation is 1. The van der Waals surface area contributed by atoms with E-state index < -0.39 is 0 Å². The lowest BCUT2D eigenvalue weighted by atomic mass is 10.1. The van der Waals surface area contributed by atoms with Crippen LogP contribution in [0.25, 0.3) is 0 Å². The van der Waals surface area contributed by atoms with Crippen molar-refractivity contribution in [3.8, 4) is 11.8 Å². The van der Waals surface area contributed by atoms with Crippen LogP contribution >= 0.6 is 56.8 Å². The minimum Gasteiger partial charge on any atom is -0.487 e. The topological polar surface area (TPSA) is 104 Å². The number of hydrazone groups is 1. The molecule has 0 fully saturated rings. The molecule has 0 bridgehead atoms. The summed E-state index contributed by atoms with van der Waals surface area (Å²) in [6.07, 6.45) is 1.56. The molecule has 2 N–H and O–H groups in total. The van der Waals surface area contributed by atoms with Gasteiger partial charge in [-0.1, -0.05) is 29.8 Å². The number of nitriles is 1. The Bertz CT molecular complexity index is 1320. The monoisotopic (exact) mass is 726 g/mol. The zero-order valence-electron chi connectivity index (χ0n) is 19.1. The number of amides is 2. The van der Waals surface area contributed by atoms with Gasteiger partial charge < -0.3 is 10.1 Å². The summed E-state index contributed by atoms with van der Waals surface area (Å²) in [5, 5.41) is 16.2. The van der Waals surface area contributed by atoms with E-state index in [2.05, 4.69) is 67.1 Å². The highest BCUT2D eigenvalue weighted by Crippen LogP contribution is 2.29. The second kappa shape index (κ2) is 13.6. The maximum atomic E-state index is 12.1. The van der Waals surface area contributed by atoms with Gasteiger partial charge >= 0.3 is 0 Å². The van der Waals surface area contributed by atoms with Crippen molar-refractivity contribution >= 4 is 80.5 Å². The fourth-order valence-electron chi connectivity index (χ4n) is 2.98. The Balaban J connectivity index is 1.47. The fourth-order valence-corrected chi connectivity index (χ4v) is 5.29. The average Bonchev–Trinajstić information content (AvgIpc) is 2.85. The Kier molecular flexibility index (Phi) is 10.5. The third-order valence-corrected chi connectivity index (χ3v) is 6.93. The van der Waals surface area contributed by atoms with E-state index in [1.54, 1.807) is 30.5 Å². The molecule has 0 aromatic heterocycles. The van der Waals surface area contributed by atoms with Crippen LogP contribution in [0.1, 0.15) is 35.1 Å². The van der Waals surface area contributed by atoms with Crippen molar-refractivity contribution in [3.63, 3.8) is 0 Å². The summed E-state index contributed by atoms with van der Waals surface area (Å²) in [5.41, 5.74) is 6.32. The smallest absolute Gasteiger partial charge is 0.240 e. The van der Waals surface area contributed by atoms with E-state index in [1.807, 2.05) is 37.3 Å². The molecular formula is C26H21ClI2N4O3. The molecule has 0 atom stereocenters. The fraction of sp³-hybridized carbons (Fsp3) is 0.154. The summed E-state index contributed by atoms with van der Waals surface area (Å²) < 4.78 is 7.77. The van der Waals surface area contributed by atoms with Gasteiger partial charge in [0, 0.05) is 23.6 Å². The molecular weight excluding hydrogens is 706 g/mol. The molecule has 0 aliphatic carbocycles. The van der Waals surface area contributed by atoms with Gasteiger partial charge in [-0.3, -0.25) is 9.59 Å². The predicted octanol–water partition coefficient (Wildman–Crippen LogP) is 6.18. The molecule has 3 aromatic rings. The number of halogens is 3. The second-order valence-corrected chi connectivity index (χ2v) is 10.4. The van der Waals surface area contributed by atoms with Crippen LogP contribution in [0, 0.1) is 25.4 Å². The maximum absolute atomic E-state index is 12.1. The Morgan fingerprint density at radius 3 is 2.36 bits per heavy atom. The molecule has 0 aliphatic rings. The van der Waals surface area contributed by atoms with Crippen LogP contribution in [0.5, 0.6) is 5.75 Å². The molecule has 2 amide bonds. The number of rotatable bonds is 9. The van der Waals surface area contributed by atoms with Crippen LogP contribution < -0.4 is 15.5 Å². The zero-order chi connectivity index (χ0) is 26.1. The Morgan fingerprint density at radius 2 is 1.72 bits per heavy atom. The highest BCUT2D eigenvalue weighted by atomic mass is 127. The normalized spacial score (nSPS) is 10.6. The summed E-state index contributed by atoms with van der Waals surface area (Å²) in [5.74, 6) is 0.104. The molecule has 0 saturated carbocycles. The molecule has 184 valence electrons. The number of hydrogen-bond acceptors (Lipinski definition) is 5. The summed E-state index contributed by atoms with van der Waals surface area (Å²) in [6, 6.07) is 18.4. The van der Waals surface area contributed by atoms with E-state index in [-0.39, 0.29) is 24.7 Å². The van der Waals surface area contributed by atoms with Crippen LogP contribution in [0.2, 0.25) is 5.02 Å². The van der Waals surface area contributed by atoms with Crippen molar-refractivity contribution in [2.24, 2.45) is 5.10 Å². The van der Waals surface area contributed by atoms with Crippen molar-refractivity contribution in [2.45, 2.75) is 26.4 Å². The van der Waals surface area contributed by atoms with Crippen molar-refractivity contribution in [2.75, 3.05) is 5.32 Å². The number of benzene rings is 3. The summed E-state index contributed by atoms with van der Waals surface area (Å²) in [6.45, 7) is 2.26. The number of ether oxygens (including phenoxy) is 1. The van der Waals surface area contributed by atoms with Crippen molar-refractivity contribution in [1.82, 2.24) is 5.43 Å². The molecule has 3 rings (SSSR count). The van der Waals surface area contributed by atoms with Gasteiger partial charge in [-0.15, -0.1) is 0 Å². The number of hydrogen-bond donors (Lipinski definition) is 2. The van der Waals surface area contributed by atoms with E-state index in [9.17, 15) is 9.59 Å². The summed E-state index contributed by atoms with van der Waals surface area (Å²) >= 11 is 10.4. The minimum atomic E-state index is -0.366. The van der Waals surface area contributed by atoms with Gasteiger partial charge in [-0.25, -0.2) is 5.43 Å². The second-order valence-electron chi connectivity index (χ2n) is 7.72. The van der Waals surface area contributed by atoms with E-state index >= 15 is 0 Å². The molecule has 3 aromatic carbocycles. The van der Waals surface area contributed by atoms with Gasteiger partial charge in [0.2, 0.25) is 11.8 Å². The number of nitrogens with zero attached hydrogens (tertiary/aromatic N) is 2. The largest absolute Gasteiger partial charge is 0.487 e. The maximum Gasteiger partial charge on any atom is 0.240 e. The first-order valence-electron chi connectivity index (χ1n) is 10.7. The molecule has 10 heteroatoms. The van der Waals surface area contributed by atoms with E-state index in [1.165, 1.54) is 0 Å². The zero-order valence-corrected chi connectivity index (χ0v) is 24.2. The Labute approximate surface area is 241 Å². The number of carbonyl (C=O) groups excluding carboxylic acids is 2. The van der Waals surface area contributed by atoms with Gasteiger partial charge in [0.25, 0.3) is 0 Å². The standard InChI is InChI=1S/C26H21ClI2N4O3/c1-16-2-7-20(12-21(16)27)32-24(34)8-9-25(35)33-31-14-19-10-22(28)26(23(29)11-19)36-15-18-5-3-17(13-30)4-6-18/h2-7,10-12,14H,8-9,15H2,1H3,(H,32,34)(H,33,35). The SMILES string of the molecule is Cc1ccc(NC(=O)CCC(=O)NN=Cc2cc(I)c(OCc3ccc(C#N)cc3)c(I)c2)cc1Cl. The van der Waals surface area contributed by atoms with Gasteiger partial charge in [-0.05, 0) is 105 Å². The lowest BCUT2D eigenvalue weighted by molar-refractivity contribution is -0.124. The molecule has 0 unspecified atom stereocenters. The van der Waals surface area contributed by atoms with Gasteiger partial charge in [0.05, 0.1) is 25.0 Å². The van der Waals surface area contributed by atoms with Crippen molar-refractivity contribution < 1.29 is 14.3 Å². The first-order valence-corrected chi connectivity index (χ1v) is 13.3. The highest BCUT2D eigenvalue weighted by molar-refractivity contribution is 14.1. The third kappa shape index (κ3) is 8.46. The van der Waals surface area contributed by atoms with Crippen molar-refractivity contribution in [3.05, 3.63) is 89.0 Å². The van der Waals surface area contributed by atoms with E-state index in [0.717, 1.165) is 29.6 Å². The van der Waals surface area contributed by atoms with Gasteiger partial charge in [0.15, 0.2) is 0 Å². The molecule has 7 nitrogen and oxygen atoms in total. The molecule has 0 saturated heterocycles. The molecule has 0 radical (unpaired) electrons. The lowest BCUT2D eigenvalue weighted by Gasteiger charge is -2.11. The first-order chi connectivity index (χ1) is 17.2. The van der Waals surface area contributed by atoms with Crippen LogP contribution in [0.3, 0.4) is 0 Å². The molecule has 0 heterocycles. The first kappa shape index (κ1) is 27.9. The Hall–Kier alpha value is -2.69. The Morgan fingerprint density at radius 1 is 1.06 bits per heavy atom. The minimum absolute atomic E-state index is 0.0000398. The van der Waals surface area contributed by atoms with E-state index in [0.29, 0.717) is 22.9 Å². The number of anilines is 1.